The predicted octanol–water partition coefficient (Wildman–Crippen LogP) is 5.83. The van der Waals surface area contributed by atoms with Crippen LogP contribution in [0.5, 0.6) is 0 Å². The molecule has 6 heteroatoms. The third-order valence-electron chi connectivity index (χ3n) is 6.28. The van der Waals surface area contributed by atoms with E-state index < -0.39 is 0 Å². The van der Waals surface area contributed by atoms with Gasteiger partial charge in [0.2, 0.25) is 5.56 Å². The molecule has 6 rings (SSSR count). The van der Waals surface area contributed by atoms with Crippen molar-refractivity contribution in [3.63, 3.8) is 0 Å². The number of para-hydroxylation sites is 1. The van der Waals surface area contributed by atoms with Crippen molar-refractivity contribution in [1.82, 2.24) is 15.0 Å². The van der Waals surface area contributed by atoms with Crippen LogP contribution >= 0.6 is 23.1 Å². The van der Waals surface area contributed by atoms with E-state index in [9.17, 15) is 4.79 Å². The Morgan fingerprint density at radius 3 is 2.93 bits per heavy atom. The number of hydrogen-bond acceptors (Lipinski definition) is 5. The summed E-state index contributed by atoms with van der Waals surface area (Å²) in [6.45, 7) is 2.35. The highest BCUT2D eigenvalue weighted by atomic mass is 32.2. The quantitative estimate of drug-likeness (QED) is 0.325. The van der Waals surface area contributed by atoms with Crippen LogP contribution in [0.3, 0.4) is 0 Å². The molecule has 30 heavy (non-hydrogen) atoms. The van der Waals surface area contributed by atoms with Crippen LogP contribution in [0.1, 0.15) is 53.9 Å². The van der Waals surface area contributed by atoms with Crippen molar-refractivity contribution in [3.8, 4) is 0 Å². The van der Waals surface area contributed by atoms with Gasteiger partial charge in [0.05, 0.1) is 0 Å². The number of aromatic amines is 1. The molecule has 2 aliphatic rings. The second-order valence-electron chi connectivity index (χ2n) is 8.69. The summed E-state index contributed by atoms with van der Waals surface area (Å²) in [5.74, 6) is 3.04. The number of hydrogen-bond donors (Lipinski definition) is 1. The van der Waals surface area contributed by atoms with Crippen LogP contribution in [0, 0.1) is 5.92 Å². The van der Waals surface area contributed by atoms with E-state index in [0.29, 0.717) is 5.92 Å². The fourth-order valence-corrected chi connectivity index (χ4v) is 7.00. The second-order valence-corrected chi connectivity index (χ2v) is 10.7. The van der Waals surface area contributed by atoms with E-state index in [-0.39, 0.29) is 5.56 Å². The maximum atomic E-state index is 12.2. The van der Waals surface area contributed by atoms with Gasteiger partial charge in [-0.3, -0.25) is 4.79 Å². The lowest BCUT2D eigenvalue weighted by Gasteiger charge is -2.18. The SMILES string of the molecule is C[C@H]1CCc2c(sc3nc(C4CC4)nc(SCc4cc(=O)[nH]c5ccccc45)c23)C1. The number of aryl methyl sites for hydroxylation is 1. The van der Waals surface area contributed by atoms with Gasteiger partial charge >= 0.3 is 0 Å². The molecule has 0 spiro atoms. The number of benzene rings is 1. The first-order valence-electron chi connectivity index (χ1n) is 10.7. The summed E-state index contributed by atoms with van der Waals surface area (Å²) >= 11 is 3.65. The Kier molecular flexibility index (Phi) is 4.46. The van der Waals surface area contributed by atoms with Crippen LogP contribution < -0.4 is 5.56 Å². The van der Waals surface area contributed by atoms with E-state index in [0.717, 1.165) is 51.8 Å². The van der Waals surface area contributed by atoms with Crippen molar-refractivity contribution in [2.24, 2.45) is 5.92 Å². The highest BCUT2D eigenvalue weighted by molar-refractivity contribution is 7.98. The van der Waals surface area contributed by atoms with Gasteiger partial charge in [-0.2, -0.15) is 0 Å². The lowest BCUT2D eigenvalue weighted by molar-refractivity contribution is 0.509. The third-order valence-corrected chi connectivity index (χ3v) is 8.45. The fourth-order valence-electron chi connectivity index (χ4n) is 4.50. The van der Waals surface area contributed by atoms with Gasteiger partial charge in [-0.1, -0.05) is 25.1 Å². The van der Waals surface area contributed by atoms with Gasteiger partial charge < -0.3 is 4.98 Å². The largest absolute Gasteiger partial charge is 0.322 e. The Bertz CT molecular complexity index is 1340. The molecule has 1 saturated carbocycles. The first-order valence-corrected chi connectivity index (χ1v) is 12.5. The predicted molar refractivity (Wildman–Crippen MR) is 125 cm³/mol. The Labute approximate surface area is 183 Å². The fraction of sp³-hybridized carbons (Fsp3) is 0.375. The Hall–Kier alpha value is -2.18. The molecule has 4 nitrogen and oxygen atoms in total. The van der Waals surface area contributed by atoms with Crippen molar-refractivity contribution in [3.05, 3.63) is 62.5 Å². The van der Waals surface area contributed by atoms with Crippen molar-refractivity contribution >= 4 is 44.2 Å². The third kappa shape index (κ3) is 3.26. The minimum Gasteiger partial charge on any atom is -0.322 e. The first-order chi connectivity index (χ1) is 14.7. The van der Waals surface area contributed by atoms with E-state index in [1.165, 1.54) is 39.9 Å². The first kappa shape index (κ1) is 18.6. The monoisotopic (exact) mass is 433 g/mol. The Balaban J connectivity index is 1.44. The summed E-state index contributed by atoms with van der Waals surface area (Å²) in [6, 6.07) is 9.78. The zero-order valence-corrected chi connectivity index (χ0v) is 18.5. The smallest absolute Gasteiger partial charge is 0.248 e. The summed E-state index contributed by atoms with van der Waals surface area (Å²) < 4.78 is 0. The van der Waals surface area contributed by atoms with Crippen LogP contribution in [0.4, 0.5) is 0 Å². The summed E-state index contributed by atoms with van der Waals surface area (Å²) in [5, 5.41) is 3.50. The van der Waals surface area contributed by atoms with Crippen LogP contribution in [-0.2, 0) is 18.6 Å². The standard InChI is InChI=1S/C24H23N3OS2/c1-13-6-9-17-19(10-13)30-24-21(17)23(26-22(27-24)14-7-8-14)29-12-15-11-20(28)25-18-5-3-2-4-16(15)18/h2-5,11,13-14H,6-10,12H2,1H3,(H,25,28)/t13-/m0/s1. The number of H-pyrrole nitrogens is 1. The topological polar surface area (TPSA) is 58.6 Å². The molecule has 0 aliphatic heterocycles. The molecule has 1 N–H and O–H groups in total. The van der Waals surface area contributed by atoms with Crippen molar-refractivity contribution < 1.29 is 0 Å². The van der Waals surface area contributed by atoms with Crippen molar-refractivity contribution in [2.75, 3.05) is 0 Å². The summed E-state index contributed by atoms with van der Waals surface area (Å²) in [4.78, 5) is 27.8. The molecular formula is C24H23N3OS2. The molecule has 0 bridgehead atoms. The molecule has 4 aromatic rings. The van der Waals surface area contributed by atoms with Gasteiger partial charge in [-0.15, -0.1) is 23.1 Å². The number of nitrogens with one attached hydrogen (secondary N) is 1. The number of fused-ring (bicyclic) bond motifs is 4. The van der Waals surface area contributed by atoms with Crippen LogP contribution in [0.25, 0.3) is 21.1 Å². The molecule has 1 aromatic carbocycles. The molecule has 2 aliphatic carbocycles. The van der Waals surface area contributed by atoms with E-state index in [4.69, 9.17) is 9.97 Å². The van der Waals surface area contributed by atoms with E-state index in [2.05, 4.69) is 18.0 Å². The zero-order valence-electron chi connectivity index (χ0n) is 16.9. The van der Waals surface area contributed by atoms with E-state index in [1.54, 1.807) is 17.8 Å². The van der Waals surface area contributed by atoms with Gasteiger partial charge in [0, 0.05) is 38.9 Å². The molecule has 152 valence electrons. The van der Waals surface area contributed by atoms with Crippen LogP contribution in [0.15, 0.2) is 40.2 Å². The average Bonchev–Trinajstić information content (AvgIpc) is 3.52. The minimum atomic E-state index is -0.0438. The minimum absolute atomic E-state index is 0.0438. The molecule has 3 heterocycles. The van der Waals surface area contributed by atoms with Crippen molar-refractivity contribution in [2.45, 2.75) is 55.7 Å². The normalized spacial score (nSPS) is 18.8. The van der Waals surface area contributed by atoms with Gasteiger partial charge in [0.15, 0.2) is 0 Å². The number of thiophene rings is 1. The maximum Gasteiger partial charge on any atom is 0.248 e. The average molecular weight is 434 g/mol. The number of rotatable bonds is 4. The summed E-state index contributed by atoms with van der Waals surface area (Å²) in [7, 11) is 0. The van der Waals surface area contributed by atoms with Crippen LogP contribution in [-0.4, -0.2) is 15.0 Å². The highest BCUT2D eigenvalue weighted by Gasteiger charge is 2.30. The number of pyridine rings is 1. The van der Waals surface area contributed by atoms with E-state index >= 15 is 0 Å². The highest BCUT2D eigenvalue weighted by Crippen LogP contribution is 2.45. The second kappa shape index (κ2) is 7.20. The molecule has 0 amide bonds. The number of aromatic nitrogens is 3. The van der Waals surface area contributed by atoms with E-state index in [1.807, 2.05) is 29.5 Å². The van der Waals surface area contributed by atoms with Gasteiger partial charge in [0.1, 0.15) is 15.7 Å². The lowest BCUT2D eigenvalue weighted by atomic mass is 9.89. The molecule has 0 saturated heterocycles. The Morgan fingerprint density at radius 2 is 2.07 bits per heavy atom. The van der Waals surface area contributed by atoms with Crippen molar-refractivity contribution in [1.29, 1.82) is 0 Å². The summed E-state index contributed by atoms with van der Waals surface area (Å²) in [5.41, 5.74) is 3.40. The van der Waals surface area contributed by atoms with Gasteiger partial charge in [0.25, 0.3) is 0 Å². The number of nitrogens with zero attached hydrogens (tertiary/aromatic N) is 2. The van der Waals surface area contributed by atoms with Gasteiger partial charge in [-0.25, -0.2) is 9.97 Å². The number of thioether (sulfide) groups is 1. The lowest BCUT2D eigenvalue weighted by Crippen LogP contribution is -2.09. The van der Waals surface area contributed by atoms with Gasteiger partial charge in [-0.05, 0) is 55.2 Å². The molecular weight excluding hydrogens is 410 g/mol. The zero-order chi connectivity index (χ0) is 20.2. The molecule has 0 radical (unpaired) electrons. The molecule has 1 fully saturated rings. The molecule has 3 aromatic heterocycles. The maximum absolute atomic E-state index is 12.2. The van der Waals surface area contributed by atoms with Crippen LogP contribution in [0.2, 0.25) is 0 Å². The molecule has 0 unspecified atom stereocenters. The molecule has 1 atom stereocenters. The Morgan fingerprint density at radius 1 is 1.20 bits per heavy atom. The summed E-state index contributed by atoms with van der Waals surface area (Å²) in [6.07, 6.45) is 5.95.